The Kier molecular flexibility index (Phi) is 4.74. The molecule has 0 saturated heterocycles. The number of hydrogen-bond acceptors (Lipinski definition) is 3. The van der Waals surface area contributed by atoms with Crippen molar-refractivity contribution in [3.8, 4) is 0 Å². The fourth-order valence-electron chi connectivity index (χ4n) is 2.73. The van der Waals surface area contributed by atoms with Gasteiger partial charge in [0.25, 0.3) is 0 Å². The third kappa shape index (κ3) is 3.30. The summed E-state index contributed by atoms with van der Waals surface area (Å²) >= 11 is 6.21. The average molecular weight is 311 g/mol. The highest BCUT2D eigenvalue weighted by molar-refractivity contribution is 6.30. The number of aromatic nitrogens is 4. The molecule has 0 fully saturated rings. The summed E-state index contributed by atoms with van der Waals surface area (Å²) in [5.41, 5.74) is 5.25. The van der Waals surface area contributed by atoms with Crippen LogP contribution in [0.1, 0.15) is 34.6 Å². The third-order valence-electron chi connectivity index (χ3n) is 4.10. The molecule has 116 valence electrons. The Hall–Kier alpha value is -1.33. The van der Waals surface area contributed by atoms with Gasteiger partial charge in [-0.25, -0.2) is 0 Å². The van der Waals surface area contributed by atoms with Crippen molar-refractivity contribution in [3.63, 3.8) is 0 Å². The van der Waals surface area contributed by atoms with Crippen molar-refractivity contribution in [3.05, 3.63) is 33.4 Å². The van der Waals surface area contributed by atoms with Crippen LogP contribution in [-0.2, 0) is 26.9 Å². The maximum absolute atomic E-state index is 10.3. The lowest BCUT2D eigenvalue weighted by molar-refractivity contribution is 0.165. The van der Waals surface area contributed by atoms with Gasteiger partial charge in [0, 0.05) is 31.8 Å². The Morgan fingerprint density at radius 3 is 2.10 bits per heavy atom. The summed E-state index contributed by atoms with van der Waals surface area (Å²) in [7, 11) is 3.76. The number of rotatable bonds is 5. The van der Waals surface area contributed by atoms with Gasteiger partial charge in [-0.2, -0.15) is 10.2 Å². The lowest BCUT2D eigenvalue weighted by atomic mass is 10.0. The van der Waals surface area contributed by atoms with Crippen LogP contribution >= 0.6 is 11.6 Å². The highest BCUT2D eigenvalue weighted by Crippen LogP contribution is 2.22. The van der Waals surface area contributed by atoms with Crippen molar-refractivity contribution in [2.45, 2.75) is 46.1 Å². The van der Waals surface area contributed by atoms with Crippen molar-refractivity contribution < 1.29 is 5.11 Å². The molecule has 21 heavy (non-hydrogen) atoms. The van der Waals surface area contributed by atoms with Crippen molar-refractivity contribution in [2.24, 2.45) is 14.1 Å². The molecule has 5 nitrogen and oxygen atoms in total. The second kappa shape index (κ2) is 6.20. The minimum atomic E-state index is -0.426. The van der Waals surface area contributed by atoms with Crippen LogP contribution in [0.4, 0.5) is 0 Å². The van der Waals surface area contributed by atoms with Crippen LogP contribution in [0.5, 0.6) is 0 Å². The van der Waals surface area contributed by atoms with E-state index in [1.54, 1.807) is 4.68 Å². The van der Waals surface area contributed by atoms with E-state index in [1.165, 1.54) is 5.56 Å². The number of aliphatic hydroxyl groups is 1. The lowest BCUT2D eigenvalue weighted by Gasteiger charge is -2.11. The number of hydrogen-bond donors (Lipinski definition) is 1. The predicted octanol–water partition coefficient (Wildman–Crippen LogP) is 2.27. The normalized spacial score (nSPS) is 12.9. The van der Waals surface area contributed by atoms with Gasteiger partial charge < -0.3 is 5.11 Å². The van der Waals surface area contributed by atoms with Gasteiger partial charge >= 0.3 is 0 Å². The number of nitrogens with zero attached hydrogens (tertiary/aromatic N) is 4. The lowest BCUT2D eigenvalue weighted by Crippen LogP contribution is -2.13. The van der Waals surface area contributed by atoms with Crippen LogP contribution in [0.25, 0.3) is 0 Å². The fraction of sp³-hybridized carbons (Fsp3) is 0.600. The minimum absolute atomic E-state index is 0.426. The summed E-state index contributed by atoms with van der Waals surface area (Å²) in [6.45, 7) is 5.99. The molecule has 0 aliphatic rings. The van der Waals surface area contributed by atoms with E-state index in [-0.39, 0.29) is 0 Å². The van der Waals surface area contributed by atoms with Crippen LogP contribution in [0, 0.1) is 20.8 Å². The topological polar surface area (TPSA) is 55.9 Å². The molecule has 2 heterocycles. The maximum atomic E-state index is 10.3. The van der Waals surface area contributed by atoms with Crippen molar-refractivity contribution in [2.75, 3.05) is 0 Å². The van der Waals surface area contributed by atoms with E-state index in [1.807, 2.05) is 32.6 Å². The quantitative estimate of drug-likeness (QED) is 0.921. The van der Waals surface area contributed by atoms with Gasteiger partial charge in [0.2, 0.25) is 0 Å². The molecule has 0 spiro atoms. The molecule has 0 saturated carbocycles. The van der Waals surface area contributed by atoms with Crippen LogP contribution in [0.15, 0.2) is 0 Å². The summed E-state index contributed by atoms with van der Waals surface area (Å²) in [6.07, 6.45) is 1.63. The van der Waals surface area contributed by atoms with Gasteiger partial charge in [0.1, 0.15) is 5.15 Å². The predicted molar refractivity (Wildman–Crippen MR) is 83.7 cm³/mol. The fourth-order valence-corrected chi connectivity index (χ4v) is 2.99. The second-order valence-electron chi connectivity index (χ2n) is 5.65. The highest BCUT2D eigenvalue weighted by Gasteiger charge is 2.17. The number of aryl methyl sites for hydroxylation is 4. The summed E-state index contributed by atoms with van der Waals surface area (Å²) in [6, 6.07) is 0. The van der Waals surface area contributed by atoms with Crippen molar-refractivity contribution in [1.29, 1.82) is 0 Å². The molecule has 0 aromatic carbocycles. The van der Waals surface area contributed by atoms with Gasteiger partial charge in [0.05, 0.1) is 17.5 Å². The number of halogens is 1. The molecule has 2 aromatic heterocycles. The van der Waals surface area contributed by atoms with Crippen molar-refractivity contribution in [1.82, 2.24) is 19.6 Å². The van der Waals surface area contributed by atoms with Gasteiger partial charge in [-0.05, 0) is 39.2 Å². The Balaban J connectivity index is 2.01. The zero-order valence-corrected chi connectivity index (χ0v) is 14.1. The van der Waals surface area contributed by atoms with Gasteiger partial charge in [-0.1, -0.05) is 11.6 Å². The smallest absolute Gasteiger partial charge is 0.130 e. The monoisotopic (exact) mass is 310 g/mol. The van der Waals surface area contributed by atoms with E-state index >= 15 is 0 Å². The van der Waals surface area contributed by atoms with Crippen LogP contribution in [0.2, 0.25) is 5.15 Å². The average Bonchev–Trinajstić information content (AvgIpc) is 2.79. The van der Waals surface area contributed by atoms with Gasteiger partial charge in [-0.15, -0.1) is 0 Å². The van der Waals surface area contributed by atoms with Gasteiger partial charge in [0.15, 0.2) is 0 Å². The Bertz CT molecular complexity index is 645. The first-order chi connectivity index (χ1) is 9.81. The molecule has 1 unspecified atom stereocenters. The first kappa shape index (κ1) is 16.0. The largest absolute Gasteiger partial charge is 0.393 e. The van der Waals surface area contributed by atoms with E-state index in [0.29, 0.717) is 18.0 Å². The molecule has 6 heteroatoms. The van der Waals surface area contributed by atoms with Gasteiger partial charge in [-0.3, -0.25) is 9.36 Å². The molecule has 0 aliphatic carbocycles. The van der Waals surface area contributed by atoms with Crippen LogP contribution < -0.4 is 0 Å². The molecule has 0 aliphatic heterocycles. The molecule has 2 rings (SSSR count). The molecule has 0 radical (unpaired) electrons. The van der Waals surface area contributed by atoms with E-state index < -0.39 is 6.10 Å². The minimum Gasteiger partial charge on any atom is -0.393 e. The van der Waals surface area contributed by atoms with E-state index in [2.05, 4.69) is 17.1 Å². The molecule has 1 N–H and O–H groups in total. The van der Waals surface area contributed by atoms with Crippen LogP contribution in [-0.4, -0.2) is 30.8 Å². The van der Waals surface area contributed by atoms with E-state index in [4.69, 9.17) is 11.6 Å². The molecule has 1 atom stereocenters. The SMILES string of the molecule is Cc1nn(C)c(C)c1CCC(O)Cc1c(C)nn(C)c1Cl. The molecule has 2 aromatic rings. The first-order valence-corrected chi connectivity index (χ1v) is 7.54. The summed E-state index contributed by atoms with van der Waals surface area (Å²) in [5.74, 6) is 0. The summed E-state index contributed by atoms with van der Waals surface area (Å²) in [5, 5.41) is 19.6. The standard InChI is InChI=1S/C15H23ClN4O/c1-9-13(11(3)19(4)17-9)7-6-12(21)8-14-10(2)18-20(5)15(14)16/h12,21H,6-8H2,1-5H3. The maximum Gasteiger partial charge on any atom is 0.130 e. The summed E-state index contributed by atoms with van der Waals surface area (Å²) < 4.78 is 3.54. The Labute approximate surface area is 130 Å². The van der Waals surface area contributed by atoms with E-state index in [9.17, 15) is 5.11 Å². The second-order valence-corrected chi connectivity index (χ2v) is 6.01. The van der Waals surface area contributed by atoms with E-state index in [0.717, 1.165) is 29.1 Å². The van der Waals surface area contributed by atoms with Crippen LogP contribution in [0.3, 0.4) is 0 Å². The van der Waals surface area contributed by atoms with Crippen molar-refractivity contribution >= 4 is 11.6 Å². The molecular formula is C15H23ClN4O. The number of aliphatic hydroxyl groups excluding tert-OH is 1. The molecule has 0 bridgehead atoms. The zero-order chi connectivity index (χ0) is 15.7. The third-order valence-corrected chi connectivity index (χ3v) is 4.57. The Morgan fingerprint density at radius 2 is 1.62 bits per heavy atom. The first-order valence-electron chi connectivity index (χ1n) is 7.16. The zero-order valence-electron chi connectivity index (χ0n) is 13.3. The highest BCUT2D eigenvalue weighted by atomic mass is 35.5. The Morgan fingerprint density at radius 1 is 1.05 bits per heavy atom. The molecular weight excluding hydrogens is 288 g/mol. The molecule has 0 amide bonds. The summed E-state index contributed by atoms with van der Waals surface area (Å²) in [4.78, 5) is 0.